The molecular formula is C31H34N4O4. The quantitative estimate of drug-likeness (QED) is 0.476. The molecule has 0 saturated heterocycles. The van der Waals surface area contributed by atoms with Crippen LogP contribution in [0.25, 0.3) is 0 Å². The summed E-state index contributed by atoms with van der Waals surface area (Å²) in [5, 5.41) is 9.88. The van der Waals surface area contributed by atoms with Gasteiger partial charge in [-0.2, -0.15) is 0 Å². The molecule has 0 fully saturated rings. The monoisotopic (exact) mass is 526 g/mol. The number of nitrogens with zero attached hydrogens (tertiary/aromatic N) is 4. The second kappa shape index (κ2) is 13.0. The number of hydrogen-bond acceptors (Lipinski definition) is 6. The third-order valence-electron chi connectivity index (χ3n) is 6.85. The number of carbonyl (C=O) groups excluding carboxylic acids is 2. The van der Waals surface area contributed by atoms with Crippen molar-refractivity contribution >= 4 is 11.8 Å². The summed E-state index contributed by atoms with van der Waals surface area (Å²) in [6.07, 6.45) is 5.35. The van der Waals surface area contributed by atoms with Gasteiger partial charge in [-0.05, 0) is 30.2 Å². The Morgan fingerprint density at radius 1 is 1.21 bits per heavy atom. The summed E-state index contributed by atoms with van der Waals surface area (Å²) in [6, 6.07) is 14.9. The van der Waals surface area contributed by atoms with Gasteiger partial charge in [-0.1, -0.05) is 55.2 Å². The predicted octanol–water partition coefficient (Wildman–Crippen LogP) is 2.99. The van der Waals surface area contributed by atoms with Gasteiger partial charge in [0.15, 0.2) is 0 Å². The molecule has 2 aromatic heterocycles. The fourth-order valence-electron chi connectivity index (χ4n) is 4.42. The summed E-state index contributed by atoms with van der Waals surface area (Å²) >= 11 is 0. The summed E-state index contributed by atoms with van der Waals surface area (Å²) in [7, 11) is 1.74. The molecule has 8 heteroatoms. The number of benzene rings is 1. The van der Waals surface area contributed by atoms with E-state index in [4.69, 9.17) is 4.74 Å². The average Bonchev–Trinajstić information content (AvgIpc) is 2.95. The van der Waals surface area contributed by atoms with E-state index < -0.39 is 12.1 Å². The highest BCUT2D eigenvalue weighted by molar-refractivity contribution is 5.97. The van der Waals surface area contributed by atoms with E-state index in [0.717, 1.165) is 11.1 Å². The van der Waals surface area contributed by atoms with E-state index in [2.05, 4.69) is 21.8 Å². The Kier molecular flexibility index (Phi) is 9.29. The van der Waals surface area contributed by atoms with Crippen LogP contribution in [-0.4, -0.2) is 75.6 Å². The minimum atomic E-state index is -0.421. The number of aromatic nitrogens is 2. The number of carbonyl (C=O) groups is 2. The van der Waals surface area contributed by atoms with Gasteiger partial charge in [-0.3, -0.25) is 14.6 Å². The van der Waals surface area contributed by atoms with Gasteiger partial charge in [0, 0.05) is 50.1 Å². The molecule has 1 aliphatic heterocycles. The van der Waals surface area contributed by atoms with E-state index in [1.165, 1.54) is 0 Å². The van der Waals surface area contributed by atoms with Crippen LogP contribution in [0.2, 0.25) is 0 Å². The number of pyridine rings is 2. The molecule has 39 heavy (non-hydrogen) atoms. The second-order valence-corrected chi connectivity index (χ2v) is 9.98. The van der Waals surface area contributed by atoms with Crippen LogP contribution >= 0.6 is 0 Å². The molecule has 4 rings (SSSR count). The van der Waals surface area contributed by atoms with Gasteiger partial charge in [0.1, 0.15) is 11.7 Å². The Morgan fingerprint density at radius 3 is 2.69 bits per heavy atom. The molecule has 202 valence electrons. The van der Waals surface area contributed by atoms with Crippen molar-refractivity contribution in [3.05, 3.63) is 89.4 Å². The fraction of sp³-hybridized carbons (Fsp3) is 0.355. The highest BCUT2D eigenvalue weighted by Gasteiger charge is 2.34. The number of likely N-dealkylation sites (N-methyl/N-ethyl adjacent to an activating group) is 1. The molecule has 0 spiro atoms. The van der Waals surface area contributed by atoms with Crippen molar-refractivity contribution < 1.29 is 19.4 Å². The van der Waals surface area contributed by atoms with Crippen molar-refractivity contribution in [2.45, 2.75) is 38.8 Å². The lowest BCUT2D eigenvalue weighted by molar-refractivity contribution is -0.130. The first-order valence-electron chi connectivity index (χ1n) is 13.1. The van der Waals surface area contributed by atoms with Crippen LogP contribution in [-0.2, 0) is 17.6 Å². The fourth-order valence-corrected chi connectivity index (χ4v) is 4.42. The van der Waals surface area contributed by atoms with Crippen molar-refractivity contribution in [3.8, 4) is 17.7 Å². The van der Waals surface area contributed by atoms with Crippen molar-refractivity contribution in [1.29, 1.82) is 0 Å². The van der Waals surface area contributed by atoms with Crippen LogP contribution in [0.15, 0.2) is 67.1 Å². The molecule has 0 radical (unpaired) electrons. The summed E-state index contributed by atoms with van der Waals surface area (Å²) in [6.45, 7) is 4.28. The van der Waals surface area contributed by atoms with Crippen LogP contribution in [0.3, 0.4) is 0 Å². The summed E-state index contributed by atoms with van der Waals surface area (Å²) in [5.74, 6) is 5.99. The highest BCUT2D eigenvalue weighted by Crippen LogP contribution is 2.27. The molecule has 0 aliphatic carbocycles. The van der Waals surface area contributed by atoms with Crippen LogP contribution < -0.4 is 4.74 Å². The molecule has 0 bridgehead atoms. The number of amides is 2. The van der Waals surface area contributed by atoms with Gasteiger partial charge in [0.2, 0.25) is 11.8 Å². The number of rotatable bonds is 7. The maximum Gasteiger partial charge on any atom is 0.259 e. The highest BCUT2D eigenvalue weighted by atomic mass is 16.5. The number of ether oxygens (including phenoxy) is 1. The molecule has 3 aromatic rings. The van der Waals surface area contributed by atoms with Gasteiger partial charge in [0.25, 0.3) is 5.91 Å². The smallest absolute Gasteiger partial charge is 0.259 e. The van der Waals surface area contributed by atoms with Crippen LogP contribution in [0.4, 0.5) is 0 Å². The largest absolute Gasteiger partial charge is 0.472 e. The Bertz CT molecular complexity index is 1340. The van der Waals surface area contributed by atoms with Crippen LogP contribution in [0, 0.1) is 17.8 Å². The van der Waals surface area contributed by atoms with E-state index >= 15 is 0 Å². The molecule has 0 saturated carbocycles. The first-order valence-corrected chi connectivity index (χ1v) is 13.1. The number of aliphatic hydroxyl groups is 1. The van der Waals surface area contributed by atoms with Gasteiger partial charge in [-0.15, -0.1) is 0 Å². The van der Waals surface area contributed by atoms with Gasteiger partial charge >= 0.3 is 0 Å². The maximum absolute atomic E-state index is 13.6. The van der Waals surface area contributed by atoms with Gasteiger partial charge in [0.05, 0.1) is 25.6 Å². The molecule has 8 nitrogen and oxygen atoms in total. The zero-order valence-electron chi connectivity index (χ0n) is 22.6. The SMILES string of the molecule is C[C@@H]1CN([C@H](C)CO)C(=O)c2cc(C#CCc3ccccc3)cnc2O[C@@H]1CN(C)C(=O)Cc1cccnc1. The maximum atomic E-state index is 13.6. The van der Waals surface area contributed by atoms with E-state index in [9.17, 15) is 14.7 Å². The van der Waals surface area contributed by atoms with E-state index in [-0.39, 0.29) is 36.6 Å². The molecule has 0 unspecified atom stereocenters. The Morgan fingerprint density at radius 2 is 1.97 bits per heavy atom. The minimum absolute atomic E-state index is 0.0604. The number of fused-ring (bicyclic) bond motifs is 1. The first kappa shape index (κ1) is 27.8. The second-order valence-electron chi connectivity index (χ2n) is 9.98. The third kappa shape index (κ3) is 7.21. The van der Waals surface area contributed by atoms with E-state index in [1.54, 1.807) is 47.6 Å². The molecule has 3 heterocycles. The molecule has 1 N–H and O–H groups in total. The summed E-state index contributed by atoms with van der Waals surface area (Å²) in [5.41, 5.74) is 2.84. The zero-order chi connectivity index (χ0) is 27.8. The standard InChI is InChI=1S/C31H34N4O4/c1-22-19-35(23(2)21-36)31(38)27-15-25(12-7-11-24-9-5-4-6-10-24)18-33-30(27)39-28(22)20-34(3)29(37)16-26-13-8-14-32-17-26/h4-6,8-10,13-15,17-18,22-23,28,36H,11,16,19-21H2,1-3H3/t22-,23-,28-/m1/s1. The van der Waals surface area contributed by atoms with E-state index in [1.807, 2.05) is 50.2 Å². The van der Waals surface area contributed by atoms with Crippen molar-refractivity contribution in [2.75, 3.05) is 26.7 Å². The van der Waals surface area contributed by atoms with Crippen molar-refractivity contribution in [1.82, 2.24) is 19.8 Å². The normalized spacial score (nSPS) is 17.5. The van der Waals surface area contributed by atoms with Crippen LogP contribution in [0.5, 0.6) is 5.88 Å². The Hall–Kier alpha value is -4.22. The lowest BCUT2D eigenvalue weighted by Crippen LogP contribution is -2.50. The van der Waals surface area contributed by atoms with E-state index in [0.29, 0.717) is 30.6 Å². The molecular weight excluding hydrogens is 492 g/mol. The topological polar surface area (TPSA) is 95.9 Å². The lowest BCUT2D eigenvalue weighted by Gasteiger charge is -2.37. The van der Waals surface area contributed by atoms with Crippen molar-refractivity contribution in [2.24, 2.45) is 5.92 Å². The van der Waals surface area contributed by atoms with Crippen molar-refractivity contribution in [3.63, 3.8) is 0 Å². The average molecular weight is 527 g/mol. The van der Waals surface area contributed by atoms with Gasteiger partial charge < -0.3 is 19.6 Å². The minimum Gasteiger partial charge on any atom is -0.472 e. The molecule has 2 amide bonds. The molecule has 1 aromatic carbocycles. The third-order valence-corrected chi connectivity index (χ3v) is 6.85. The summed E-state index contributed by atoms with van der Waals surface area (Å²) < 4.78 is 6.31. The predicted molar refractivity (Wildman–Crippen MR) is 148 cm³/mol. The lowest BCUT2D eigenvalue weighted by atomic mass is 9.99. The molecule has 1 aliphatic rings. The Balaban J connectivity index is 1.57. The van der Waals surface area contributed by atoms with Crippen LogP contribution in [0.1, 0.15) is 40.9 Å². The summed E-state index contributed by atoms with van der Waals surface area (Å²) in [4.78, 5) is 38.4. The number of aliphatic hydroxyl groups excluding tert-OH is 1. The zero-order valence-corrected chi connectivity index (χ0v) is 22.6. The Labute approximate surface area is 229 Å². The number of hydrogen-bond donors (Lipinski definition) is 1. The first-order chi connectivity index (χ1) is 18.9. The molecule has 3 atom stereocenters. The van der Waals surface area contributed by atoms with Gasteiger partial charge in [-0.25, -0.2) is 4.98 Å².